The number of hydrogen-bond donors (Lipinski definition) is 1. The summed E-state index contributed by atoms with van der Waals surface area (Å²) >= 11 is 11.7. The van der Waals surface area contributed by atoms with Gasteiger partial charge in [0.1, 0.15) is 5.82 Å². The molecule has 0 amide bonds. The van der Waals surface area contributed by atoms with Gasteiger partial charge in [-0.1, -0.05) is 23.7 Å². The van der Waals surface area contributed by atoms with Crippen LogP contribution in [0.2, 0.25) is 10.3 Å². The first kappa shape index (κ1) is 12.1. The van der Waals surface area contributed by atoms with Gasteiger partial charge in [-0.2, -0.15) is 0 Å². The number of halogens is 2. The van der Waals surface area contributed by atoms with Crippen LogP contribution in [0.3, 0.4) is 0 Å². The van der Waals surface area contributed by atoms with Crippen LogP contribution in [0.1, 0.15) is 18.5 Å². The van der Waals surface area contributed by atoms with E-state index >= 15 is 0 Å². The summed E-state index contributed by atoms with van der Waals surface area (Å²) in [5.74, 6) is 0.692. The molecule has 0 saturated heterocycles. The van der Waals surface area contributed by atoms with Crippen molar-refractivity contribution < 1.29 is 0 Å². The molecule has 0 bridgehead atoms. The van der Waals surface area contributed by atoms with Gasteiger partial charge in [0.2, 0.25) is 5.28 Å². The molecule has 1 N–H and O–H groups in total. The molecule has 5 heteroatoms. The van der Waals surface area contributed by atoms with E-state index in [1.165, 1.54) is 0 Å². The Kier molecular flexibility index (Phi) is 3.82. The summed E-state index contributed by atoms with van der Waals surface area (Å²) in [5.41, 5.74) is 1.09. The lowest BCUT2D eigenvalue weighted by atomic mass is 10.1. The van der Waals surface area contributed by atoms with Crippen molar-refractivity contribution in [3.05, 3.63) is 52.4 Å². The number of nitrogens with zero attached hydrogens (tertiary/aromatic N) is 2. The van der Waals surface area contributed by atoms with E-state index in [2.05, 4.69) is 15.3 Å². The van der Waals surface area contributed by atoms with E-state index in [4.69, 9.17) is 23.2 Å². The van der Waals surface area contributed by atoms with Gasteiger partial charge in [0.25, 0.3) is 0 Å². The SMILES string of the molecule is CC(Nc1ccnc(Cl)n1)c1cccc(Cl)c1. The second kappa shape index (κ2) is 5.34. The van der Waals surface area contributed by atoms with Crippen molar-refractivity contribution in [3.63, 3.8) is 0 Å². The summed E-state index contributed by atoms with van der Waals surface area (Å²) in [7, 11) is 0. The van der Waals surface area contributed by atoms with Gasteiger partial charge in [-0.25, -0.2) is 9.97 Å². The summed E-state index contributed by atoms with van der Waals surface area (Å²) in [6.45, 7) is 2.03. The van der Waals surface area contributed by atoms with Crippen molar-refractivity contribution in [2.24, 2.45) is 0 Å². The first-order chi connectivity index (χ1) is 8.15. The Morgan fingerprint density at radius 2 is 2.06 bits per heavy atom. The highest BCUT2D eigenvalue weighted by Gasteiger charge is 2.06. The largest absolute Gasteiger partial charge is 0.363 e. The molecule has 1 heterocycles. The predicted molar refractivity (Wildman–Crippen MR) is 70.5 cm³/mol. The number of anilines is 1. The average Bonchev–Trinajstić information content (AvgIpc) is 2.29. The van der Waals surface area contributed by atoms with Crippen LogP contribution in [0.25, 0.3) is 0 Å². The second-order valence-corrected chi connectivity index (χ2v) is 4.41. The molecule has 0 saturated carbocycles. The Hall–Kier alpha value is -1.32. The minimum absolute atomic E-state index is 0.0969. The Bertz CT molecular complexity index is 517. The lowest BCUT2D eigenvalue weighted by molar-refractivity contribution is 0.872. The number of benzene rings is 1. The van der Waals surface area contributed by atoms with Crippen LogP contribution in [-0.2, 0) is 0 Å². The third kappa shape index (κ3) is 3.32. The molecule has 1 atom stereocenters. The number of rotatable bonds is 3. The van der Waals surface area contributed by atoms with Crippen LogP contribution >= 0.6 is 23.2 Å². The van der Waals surface area contributed by atoms with E-state index in [1.807, 2.05) is 31.2 Å². The van der Waals surface area contributed by atoms with Gasteiger partial charge in [0, 0.05) is 17.3 Å². The first-order valence-electron chi connectivity index (χ1n) is 5.16. The van der Waals surface area contributed by atoms with Crippen LogP contribution in [0.5, 0.6) is 0 Å². The van der Waals surface area contributed by atoms with Crippen LogP contribution in [0, 0.1) is 0 Å². The molecular formula is C12H11Cl2N3. The monoisotopic (exact) mass is 267 g/mol. The molecule has 0 aliphatic heterocycles. The normalized spacial score (nSPS) is 12.2. The summed E-state index contributed by atoms with van der Waals surface area (Å²) in [6, 6.07) is 9.56. The maximum atomic E-state index is 5.94. The first-order valence-corrected chi connectivity index (χ1v) is 5.91. The lowest BCUT2D eigenvalue weighted by Crippen LogP contribution is -2.08. The van der Waals surface area contributed by atoms with E-state index in [0.29, 0.717) is 5.82 Å². The highest BCUT2D eigenvalue weighted by atomic mass is 35.5. The fourth-order valence-corrected chi connectivity index (χ4v) is 1.84. The summed E-state index contributed by atoms with van der Waals surface area (Å²) in [5, 5.41) is 4.18. The Morgan fingerprint density at radius 3 is 2.76 bits per heavy atom. The second-order valence-electron chi connectivity index (χ2n) is 3.63. The van der Waals surface area contributed by atoms with Crippen LogP contribution in [-0.4, -0.2) is 9.97 Å². The molecular weight excluding hydrogens is 257 g/mol. The lowest BCUT2D eigenvalue weighted by Gasteiger charge is -2.14. The fourth-order valence-electron chi connectivity index (χ4n) is 1.50. The minimum Gasteiger partial charge on any atom is -0.363 e. The molecule has 0 aliphatic rings. The molecule has 88 valence electrons. The van der Waals surface area contributed by atoms with Crippen molar-refractivity contribution >= 4 is 29.0 Å². The maximum Gasteiger partial charge on any atom is 0.224 e. The summed E-state index contributed by atoms with van der Waals surface area (Å²) in [4.78, 5) is 7.90. The number of nitrogens with one attached hydrogen (secondary N) is 1. The zero-order valence-corrected chi connectivity index (χ0v) is 10.7. The summed E-state index contributed by atoms with van der Waals surface area (Å²) in [6.07, 6.45) is 1.61. The predicted octanol–water partition coefficient (Wildman–Crippen LogP) is 3.96. The van der Waals surface area contributed by atoms with Gasteiger partial charge in [-0.15, -0.1) is 0 Å². The molecule has 2 aromatic rings. The van der Waals surface area contributed by atoms with Crippen LogP contribution in [0.15, 0.2) is 36.5 Å². The fraction of sp³-hybridized carbons (Fsp3) is 0.167. The van der Waals surface area contributed by atoms with Crippen LogP contribution < -0.4 is 5.32 Å². The van der Waals surface area contributed by atoms with E-state index in [1.54, 1.807) is 12.3 Å². The quantitative estimate of drug-likeness (QED) is 0.856. The zero-order chi connectivity index (χ0) is 12.3. The van der Waals surface area contributed by atoms with Crippen molar-refractivity contribution in [1.82, 2.24) is 9.97 Å². The zero-order valence-electron chi connectivity index (χ0n) is 9.19. The maximum absolute atomic E-state index is 5.94. The smallest absolute Gasteiger partial charge is 0.224 e. The average molecular weight is 268 g/mol. The summed E-state index contributed by atoms with van der Waals surface area (Å²) < 4.78 is 0. The Labute approximate surface area is 110 Å². The standard InChI is InChI=1S/C12H11Cl2N3/c1-8(9-3-2-4-10(13)7-9)16-11-5-6-15-12(14)17-11/h2-8H,1H3,(H,15,16,17). The van der Waals surface area contributed by atoms with Crippen molar-refractivity contribution in [1.29, 1.82) is 0 Å². The minimum atomic E-state index is 0.0969. The van der Waals surface area contributed by atoms with Gasteiger partial charge in [-0.05, 0) is 42.3 Å². The number of hydrogen-bond acceptors (Lipinski definition) is 3. The van der Waals surface area contributed by atoms with Gasteiger partial charge in [0.15, 0.2) is 0 Å². The van der Waals surface area contributed by atoms with Gasteiger partial charge < -0.3 is 5.32 Å². The Morgan fingerprint density at radius 1 is 1.24 bits per heavy atom. The molecule has 0 fully saturated rings. The van der Waals surface area contributed by atoms with E-state index < -0.39 is 0 Å². The van der Waals surface area contributed by atoms with Gasteiger partial charge in [-0.3, -0.25) is 0 Å². The molecule has 0 radical (unpaired) electrons. The molecule has 2 rings (SSSR count). The molecule has 1 aromatic heterocycles. The molecule has 0 aliphatic carbocycles. The van der Waals surface area contributed by atoms with Crippen molar-refractivity contribution in [2.45, 2.75) is 13.0 Å². The van der Waals surface area contributed by atoms with Crippen molar-refractivity contribution in [2.75, 3.05) is 5.32 Å². The molecule has 17 heavy (non-hydrogen) atoms. The highest BCUT2D eigenvalue weighted by molar-refractivity contribution is 6.30. The van der Waals surface area contributed by atoms with Gasteiger partial charge in [0.05, 0.1) is 0 Å². The Balaban J connectivity index is 2.14. The third-order valence-electron chi connectivity index (χ3n) is 2.34. The molecule has 0 spiro atoms. The topological polar surface area (TPSA) is 37.8 Å². The van der Waals surface area contributed by atoms with Gasteiger partial charge >= 0.3 is 0 Å². The van der Waals surface area contributed by atoms with Crippen LogP contribution in [0.4, 0.5) is 5.82 Å². The molecule has 3 nitrogen and oxygen atoms in total. The van der Waals surface area contributed by atoms with E-state index in [0.717, 1.165) is 10.6 Å². The van der Waals surface area contributed by atoms with E-state index in [-0.39, 0.29) is 11.3 Å². The van der Waals surface area contributed by atoms with E-state index in [9.17, 15) is 0 Å². The highest BCUT2D eigenvalue weighted by Crippen LogP contribution is 2.21. The van der Waals surface area contributed by atoms with Crippen molar-refractivity contribution in [3.8, 4) is 0 Å². The third-order valence-corrected chi connectivity index (χ3v) is 2.76. The molecule has 1 unspecified atom stereocenters. The number of aromatic nitrogens is 2. The molecule has 1 aromatic carbocycles.